The number of carbonyl (C=O) groups excluding carboxylic acids is 2. The standard InChI is InChI=1S/C21H25N3O2S/c25-20(18-9-6-16-27-18)24-14-12-22(13-15-24)19(17-7-2-1-3-8-17)21(26)23-10-4-5-11-23/h1-3,6-9,16,19H,4-5,10-15H2/t19-/m0/s1. The van der Waals surface area contributed by atoms with Crippen LogP contribution in [0.3, 0.4) is 0 Å². The van der Waals surface area contributed by atoms with Crippen molar-refractivity contribution in [1.29, 1.82) is 0 Å². The van der Waals surface area contributed by atoms with Crippen molar-refractivity contribution in [1.82, 2.24) is 14.7 Å². The Morgan fingerprint density at radius 3 is 2.15 bits per heavy atom. The second-order valence-corrected chi connectivity index (χ2v) is 8.10. The fourth-order valence-electron chi connectivity index (χ4n) is 3.99. The van der Waals surface area contributed by atoms with Crippen molar-refractivity contribution in [3.05, 3.63) is 58.3 Å². The highest BCUT2D eigenvalue weighted by Crippen LogP contribution is 2.27. The zero-order valence-electron chi connectivity index (χ0n) is 15.4. The van der Waals surface area contributed by atoms with Gasteiger partial charge in [-0.15, -0.1) is 11.3 Å². The van der Waals surface area contributed by atoms with Gasteiger partial charge >= 0.3 is 0 Å². The van der Waals surface area contributed by atoms with E-state index in [4.69, 9.17) is 0 Å². The van der Waals surface area contributed by atoms with Crippen LogP contribution in [0.2, 0.25) is 0 Å². The van der Waals surface area contributed by atoms with Crippen LogP contribution in [0.4, 0.5) is 0 Å². The van der Waals surface area contributed by atoms with E-state index in [0.29, 0.717) is 13.1 Å². The number of carbonyl (C=O) groups is 2. The lowest BCUT2D eigenvalue weighted by Gasteiger charge is -2.39. The lowest BCUT2D eigenvalue weighted by atomic mass is 10.0. The maximum absolute atomic E-state index is 13.3. The molecule has 1 atom stereocenters. The topological polar surface area (TPSA) is 43.9 Å². The summed E-state index contributed by atoms with van der Waals surface area (Å²) < 4.78 is 0. The Morgan fingerprint density at radius 1 is 0.815 bits per heavy atom. The van der Waals surface area contributed by atoms with Crippen molar-refractivity contribution in [2.75, 3.05) is 39.3 Å². The highest BCUT2D eigenvalue weighted by Gasteiger charge is 2.35. The summed E-state index contributed by atoms with van der Waals surface area (Å²) >= 11 is 1.48. The van der Waals surface area contributed by atoms with Crippen LogP contribution in [-0.4, -0.2) is 65.8 Å². The molecule has 2 aliphatic heterocycles. The summed E-state index contributed by atoms with van der Waals surface area (Å²) in [5, 5.41) is 1.93. The second kappa shape index (κ2) is 8.23. The summed E-state index contributed by atoms with van der Waals surface area (Å²) in [6, 6.07) is 13.6. The van der Waals surface area contributed by atoms with Crippen LogP contribution in [0.25, 0.3) is 0 Å². The second-order valence-electron chi connectivity index (χ2n) is 7.15. The summed E-state index contributed by atoms with van der Waals surface area (Å²) in [5.41, 5.74) is 1.05. The van der Waals surface area contributed by atoms with E-state index in [1.165, 1.54) is 11.3 Å². The van der Waals surface area contributed by atoms with Crippen molar-refractivity contribution in [3.63, 3.8) is 0 Å². The third kappa shape index (κ3) is 3.92. The van der Waals surface area contributed by atoms with Gasteiger partial charge < -0.3 is 9.80 Å². The number of hydrogen-bond donors (Lipinski definition) is 0. The monoisotopic (exact) mass is 383 g/mol. The van der Waals surface area contributed by atoms with E-state index < -0.39 is 0 Å². The van der Waals surface area contributed by atoms with E-state index in [2.05, 4.69) is 4.90 Å². The molecule has 2 fully saturated rings. The van der Waals surface area contributed by atoms with Crippen molar-refractivity contribution in [2.24, 2.45) is 0 Å². The fourth-order valence-corrected chi connectivity index (χ4v) is 4.69. The Hall–Kier alpha value is -2.18. The van der Waals surface area contributed by atoms with Gasteiger partial charge in [-0.2, -0.15) is 0 Å². The molecule has 4 rings (SSSR count). The Morgan fingerprint density at radius 2 is 1.52 bits per heavy atom. The molecule has 5 nitrogen and oxygen atoms in total. The van der Waals surface area contributed by atoms with Crippen molar-refractivity contribution in [3.8, 4) is 0 Å². The third-order valence-electron chi connectivity index (χ3n) is 5.47. The van der Waals surface area contributed by atoms with Crippen molar-refractivity contribution >= 4 is 23.2 Å². The van der Waals surface area contributed by atoms with Gasteiger partial charge in [-0.25, -0.2) is 0 Å². The molecule has 1 aromatic carbocycles. The number of benzene rings is 1. The molecule has 0 saturated carbocycles. The quantitative estimate of drug-likeness (QED) is 0.815. The van der Waals surface area contributed by atoms with Gasteiger partial charge in [0.25, 0.3) is 5.91 Å². The first-order valence-corrected chi connectivity index (χ1v) is 10.5. The minimum Gasteiger partial charge on any atom is -0.341 e. The van der Waals surface area contributed by atoms with Gasteiger partial charge in [0.05, 0.1) is 4.88 Å². The predicted molar refractivity (Wildman–Crippen MR) is 107 cm³/mol. The van der Waals surface area contributed by atoms with Gasteiger partial charge in [0.15, 0.2) is 0 Å². The summed E-state index contributed by atoms with van der Waals surface area (Å²) in [6.07, 6.45) is 2.19. The summed E-state index contributed by atoms with van der Waals surface area (Å²) in [5.74, 6) is 0.309. The average Bonchev–Trinajstić information content (AvgIpc) is 3.43. The molecule has 0 spiro atoms. The van der Waals surface area contributed by atoms with Crippen LogP contribution in [0.5, 0.6) is 0 Å². The van der Waals surface area contributed by atoms with Crippen LogP contribution in [0.15, 0.2) is 47.8 Å². The molecule has 0 aliphatic carbocycles. The minimum atomic E-state index is -0.247. The molecule has 3 heterocycles. The molecular weight excluding hydrogens is 358 g/mol. The molecule has 0 radical (unpaired) electrons. The molecule has 0 N–H and O–H groups in total. The van der Waals surface area contributed by atoms with Gasteiger partial charge in [-0.1, -0.05) is 36.4 Å². The molecule has 0 bridgehead atoms. The van der Waals surface area contributed by atoms with Crippen LogP contribution in [0.1, 0.15) is 34.1 Å². The fraction of sp³-hybridized carbons (Fsp3) is 0.429. The average molecular weight is 384 g/mol. The highest BCUT2D eigenvalue weighted by atomic mass is 32.1. The molecule has 0 unspecified atom stereocenters. The lowest BCUT2D eigenvalue weighted by Crippen LogP contribution is -2.52. The SMILES string of the molecule is O=C(c1cccs1)N1CCN([C@H](C(=O)N2CCCC2)c2ccccc2)CC1. The zero-order chi connectivity index (χ0) is 18.6. The van der Waals surface area contributed by atoms with E-state index in [1.807, 2.05) is 57.6 Å². The number of nitrogens with zero attached hydrogens (tertiary/aromatic N) is 3. The summed E-state index contributed by atoms with van der Waals surface area (Å²) in [6.45, 7) is 4.48. The first-order chi connectivity index (χ1) is 13.2. The van der Waals surface area contributed by atoms with Crippen LogP contribution in [-0.2, 0) is 4.79 Å². The normalized spacial score (nSPS) is 19.3. The van der Waals surface area contributed by atoms with Gasteiger partial charge in [0, 0.05) is 39.3 Å². The predicted octanol–water partition coefficient (Wildman–Crippen LogP) is 2.87. The van der Waals surface area contributed by atoms with Crippen molar-refractivity contribution in [2.45, 2.75) is 18.9 Å². The van der Waals surface area contributed by atoms with Crippen molar-refractivity contribution < 1.29 is 9.59 Å². The molecule has 6 heteroatoms. The number of likely N-dealkylation sites (tertiary alicyclic amines) is 1. The molecule has 2 aliphatic rings. The van der Waals surface area contributed by atoms with E-state index in [1.54, 1.807) is 0 Å². The third-order valence-corrected chi connectivity index (χ3v) is 6.32. The Bertz CT molecular complexity index is 764. The van der Waals surface area contributed by atoms with E-state index >= 15 is 0 Å². The first kappa shape index (κ1) is 18.2. The smallest absolute Gasteiger partial charge is 0.264 e. The Labute approximate surface area is 164 Å². The first-order valence-electron chi connectivity index (χ1n) is 9.64. The maximum Gasteiger partial charge on any atom is 0.264 e. The molecule has 27 heavy (non-hydrogen) atoms. The zero-order valence-corrected chi connectivity index (χ0v) is 16.2. The molecule has 2 saturated heterocycles. The lowest BCUT2D eigenvalue weighted by molar-refractivity contribution is -0.136. The maximum atomic E-state index is 13.3. The molecule has 2 aromatic rings. The van der Waals surface area contributed by atoms with Gasteiger partial charge in [0.1, 0.15) is 6.04 Å². The molecule has 142 valence electrons. The van der Waals surface area contributed by atoms with Gasteiger partial charge in [0.2, 0.25) is 5.91 Å². The molecule has 1 aromatic heterocycles. The highest BCUT2D eigenvalue weighted by molar-refractivity contribution is 7.12. The summed E-state index contributed by atoms with van der Waals surface area (Å²) in [4.78, 5) is 32.8. The minimum absolute atomic E-state index is 0.104. The van der Waals surface area contributed by atoms with Crippen LogP contribution in [0, 0.1) is 0 Å². The Balaban J connectivity index is 1.48. The molecule has 2 amide bonds. The van der Waals surface area contributed by atoms with Crippen LogP contribution < -0.4 is 0 Å². The van der Waals surface area contributed by atoms with E-state index in [-0.39, 0.29) is 17.9 Å². The number of thiophene rings is 1. The molecular formula is C21H25N3O2S. The van der Waals surface area contributed by atoms with Crippen LogP contribution >= 0.6 is 11.3 Å². The van der Waals surface area contributed by atoms with E-state index in [9.17, 15) is 9.59 Å². The summed E-state index contributed by atoms with van der Waals surface area (Å²) in [7, 11) is 0. The number of piperazine rings is 1. The number of hydrogen-bond acceptors (Lipinski definition) is 4. The largest absolute Gasteiger partial charge is 0.341 e. The number of amides is 2. The van der Waals surface area contributed by atoms with Gasteiger partial charge in [-0.3, -0.25) is 14.5 Å². The van der Waals surface area contributed by atoms with Gasteiger partial charge in [-0.05, 0) is 29.9 Å². The Kier molecular flexibility index (Phi) is 5.55. The van der Waals surface area contributed by atoms with E-state index in [0.717, 1.165) is 49.5 Å². The number of rotatable bonds is 4.